The van der Waals surface area contributed by atoms with Crippen LogP contribution in [0.25, 0.3) is 0 Å². The third-order valence-electron chi connectivity index (χ3n) is 3.71. The van der Waals surface area contributed by atoms with Gasteiger partial charge in [-0.25, -0.2) is 0 Å². The van der Waals surface area contributed by atoms with E-state index >= 15 is 0 Å². The van der Waals surface area contributed by atoms with E-state index in [0.717, 1.165) is 0 Å². The SMILES string of the molecule is CCC1C(=O)NCCN1C(=O)c1cccc([N+](=O)[O-])c1C. The van der Waals surface area contributed by atoms with Gasteiger partial charge in [-0.1, -0.05) is 13.0 Å². The number of nitro benzene ring substituents is 1. The zero-order chi connectivity index (χ0) is 15.6. The molecular formula is C14H17N3O4. The normalized spacial score (nSPS) is 18.3. The maximum Gasteiger partial charge on any atom is 0.273 e. The minimum absolute atomic E-state index is 0.0876. The van der Waals surface area contributed by atoms with Crippen LogP contribution in [0, 0.1) is 17.0 Å². The van der Waals surface area contributed by atoms with E-state index in [1.54, 1.807) is 13.0 Å². The summed E-state index contributed by atoms with van der Waals surface area (Å²) in [5, 5.41) is 13.7. The lowest BCUT2D eigenvalue weighted by molar-refractivity contribution is -0.385. The lowest BCUT2D eigenvalue weighted by Crippen LogP contribution is -2.57. The fraction of sp³-hybridized carbons (Fsp3) is 0.429. The molecule has 7 nitrogen and oxygen atoms in total. The smallest absolute Gasteiger partial charge is 0.273 e. The second-order valence-electron chi connectivity index (χ2n) is 4.92. The summed E-state index contributed by atoms with van der Waals surface area (Å²) in [5.74, 6) is -0.516. The fourth-order valence-electron chi connectivity index (χ4n) is 2.57. The highest BCUT2D eigenvalue weighted by Crippen LogP contribution is 2.23. The molecule has 2 rings (SSSR count). The number of hydrogen-bond donors (Lipinski definition) is 1. The summed E-state index contributed by atoms with van der Waals surface area (Å²) < 4.78 is 0. The zero-order valence-electron chi connectivity index (χ0n) is 12.0. The van der Waals surface area contributed by atoms with E-state index in [2.05, 4.69) is 5.32 Å². The van der Waals surface area contributed by atoms with Crippen molar-refractivity contribution in [3.05, 3.63) is 39.4 Å². The molecule has 1 aromatic rings. The van der Waals surface area contributed by atoms with E-state index in [0.29, 0.717) is 25.1 Å². The van der Waals surface area contributed by atoms with Crippen molar-refractivity contribution >= 4 is 17.5 Å². The number of carbonyl (C=O) groups excluding carboxylic acids is 2. The van der Waals surface area contributed by atoms with Crippen LogP contribution in [0.4, 0.5) is 5.69 Å². The van der Waals surface area contributed by atoms with E-state index in [-0.39, 0.29) is 23.1 Å². The molecule has 1 aromatic carbocycles. The molecule has 1 aliphatic heterocycles. The predicted molar refractivity (Wildman–Crippen MR) is 76.0 cm³/mol. The lowest BCUT2D eigenvalue weighted by Gasteiger charge is -2.34. The molecule has 0 bridgehead atoms. The Hall–Kier alpha value is -2.44. The first-order chi connectivity index (χ1) is 9.97. The highest BCUT2D eigenvalue weighted by Gasteiger charge is 2.33. The van der Waals surface area contributed by atoms with Gasteiger partial charge >= 0.3 is 0 Å². The van der Waals surface area contributed by atoms with Crippen LogP contribution in [-0.2, 0) is 4.79 Å². The fourth-order valence-corrected chi connectivity index (χ4v) is 2.57. The summed E-state index contributed by atoms with van der Waals surface area (Å²) in [5.41, 5.74) is 0.515. The van der Waals surface area contributed by atoms with Crippen molar-refractivity contribution in [1.29, 1.82) is 0 Å². The summed E-state index contributed by atoms with van der Waals surface area (Å²) in [6, 6.07) is 3.89. The van der Waals surface area contributed by atoms with Crippen molar-refractivity contribution < 1.29 is 14.5 Å². The Morgan fingerprint density at radius 2 is 2.24 bits per heavy atom. The maximum atomic E-state index is 12.6. The van der Waals surface area contributed by atoms with Crippen molar-refractivity contribution in [2.75, 3.05) is 13.1 Å². The molecule has 0 aliphatic carbocycles. The van der Waals surface area contributed by atoms with Gasteiger partial charge in [0.05, 0.1) is 4.92 Å². The number of hydrogen-bond acceptors (Lipinski definition) is 4. The summed E-state index contributed by atoms with van der Waals surface area (Å²) in [7, 11) is 0. The van der Waals surface area contributed by atoms with Gasteiger partial charge in [0.1, 0.15) is 6.04 Å². The minimum Gasteiger partial charge on any atom is -0.353 e. The maximum absolute atomic E-state index is 12.6. The topological polar surface area (TPSA) is 92.6 Å². The van der Waals surface area contributed by atoms with E-state index in [1.807, 2.05) is 6.92 Å². The molecule has 1 heterocycles. The molecule has 7 heteroatoms. The average Bonchev–Trinajstić information content (AvgIpc) is 2.46. The van der Waals surface area contributed by atoms with Crippen LogP contribution < -0.4 is 5.32 Å². The number of rotatable bonds is 3. The molecule has 0 spiro atoms. The Morgan fingerprint density at radius 3 is 2.86 bits per heavy atom. The first-order valence-electron chi connectivity index (χ1n) is 6.80. The van der Waals surface area contributed by atoms with Crippen molar-refractivity contribution in [1.82, 2.24) is 10.2 Å². The van der Waals surface area contributed by atoms with Gasteiger partial charge in [0.2, 0.25) is 5.91 Å². The number of nitrogens with one attached hydrogen (secondary N) is 1. The van der Waals surface area contributed by atoms with Crippen molar-refractivity contribution in [3.63, 3.8) is 0 Å². The first kappa shape index (κ1) is 15.0. The molecular weight excluding hydrogens is 274 g/mol. The number of nitro groups is 1. The van der Waals surface area contributed by atoms with Crippen LogP contribution in [0.2, 0.25) is 0 Å². The highest BCUT2D eigenvalue weighted by molar-refractivity contribution is 5.99. The zero-order valence-corrected chi connectivity index (χ0v) is 12.0. The van der Waals surface area contributed by atoms with Gasteiger partial charge in [-0.05, 0) is 19.4 Å². The van der Waals surface area contributed by atoms with Crippen LogP contribution in [0.1, 0.15) is 29.3 Å². The van der Waals surface area contributed by atoms with Crippen LogP contribution in [0.15, 0.2) is 18.2 Å². The van der Waals surface area contributed by atoms with Crippen LogP contribution in [0.3, 0.4) is 0 Å². The second-order valence-corrected chi connectivity index (χ2v) is 4.92. The number of amides is 2. The van der Waals surface area contributed by atoms with Gasteiger partial charge in [-0.2, -0.15) is 0 Å². The number of carbonyl (C=O) groups is 2. The molecule has 112 valence electrons. The number of benzene rings is 1. The molecule has 0 saturated carbocycles. The molecule has 1 N–H and O–H groups in total. The van der Waals surface area contributed by atoms with Crippen LogP contribution in [0.5, 0.6) is 0 Å². The Labute approximate surface area is 122 Å². The summed E-state index contributed by atoms with van der Waals surface area (Å²) in [6.45, 7) is 4.19. The Morgan fingerprint density at radius 1 is 1.52 bits per heavy atom. The molecule has 0 aromatic heterocycles. The lowest BCUT2D eigenvalue weighted by atomic mass is 10.0. The third kappa shape index (κ3) is 2.72. The van der Waals surface area contributed by atoms with Gasteiger partial charge < -0.3 is 10.2 Å². The summed E-state index contributed by atoms with van der Waals surface area (Å²) >= 11 is 0. The van der Waals surface area contributed by atoms with Crippen molar-refractivity contribution in [3.8, 4) is 0 Å². The molecule has 1 unspecified atom stereocenters. The van der Waals surface area contributed by atoms with Gasteiger partial charge in [0, 0.05) is 30.3 Å². The van der Waals surface area contributed by atoms with Crippen molar-refractivity contribution in [2.24, 2.45) is 0 Å². The van der Waals surface area contributed by atoms with Crippen LogP contribution >= 0.6 is 0 Å². The quantitative estimate of drug-likeness (QED) is 0.670. The number of nitrogens with zero attached hydrogens (tertiary/aromatic N) is 2. The van der Waals surface area contributed by atoms with Gasteiger partial charge in [-0.15, -0.1) is 0 Å². The monoisotopic (exact) mass is 291 g/mol. The van der Waals surface area contributed by atoms with Gasteiger partial charge in [0.25, 0.3) is 11.6 Å². The molecule has 1 saturated heterocycles. The molecule has 1 aliphatic rings. The largest absolute Gasteiger partial charge is 0.353 e. The predicted octanol–water partition coefficient (Wildman–Crippen LogP) is 1.25. The van der Waals surface area contributed by atoms with E-state index in [1.165, 1.54) is 17.0 Å². The molecule has 1 atom stereocenters. The van der Waals surface area contributed by atoms with E-state index in [9.17, 15) is 19.7 Å². The first-order valence-corrected chi connectivity index (χ1v) is 6.80. The molecule has 2 amide bonds. The average molecular weight is 291 g/mol. The molecule has 21 heavy (non-hydrogen) atoms. The molecule has 0 radical (unpaired) electrons. The summed E-state index contributed by atoms with van der Waals surface area (Å²) in [6.07, 6.45) is 0.506. The van der Waals surface area contributed by atoms with E-state index < -0.39 is 11.0 Å². The summed E-state index contributed by atoms with van der Waals surface area (Å²) in [4.78, 5) is 36.4. The van der Waals surface area contributed by atoms with Gasteiger partial charge in [0.15, 0.2) is 0 Å². The Balaban J connectivity index is 2.37. The molecule has 1 fully saturated rings. The highest BCUT2D eigenvalue weighted by atomic mass is 16.6. The van der Waals surface area contributed by atoms with E-state index in [4.69, 9.17) is 0 Å². The number of piperazine rings is 1. The van der Waals surface area contributed by atoms with Crippen LogP contribution in [-0.4, -0.2) is 40.8 Å². The standard InChI is InChI=1S/C14H17N3O4/c1-3-11-13(18)15-7-8-16(11)14(19)10-5-4-6-12(9(10)2)17(20)21/h4-6,11H,3,7-8H2,1-2H3,(H,15,18). The minimum atomic E-state index is -0.523. The Bertz CT molecular complexity index is 600. The second kappa shape index (κ2) is 5.90. The van der Waals surface area contributed by atoms with Gasteiger partial charge in [-0.3, -0.25) is 19.7 Å². The van der Waals surface area contributed by atoms with Crippen molar-refractivity contribution in [2.45, 2.75) is 26.3 Å². The third-order valence-corrected chi connectivity index (χ3v) is 3.71. The Kier molecular flexibility index (Phi) is 4.21.